The average Bonchev–Trinajstić information content (AvgIpc) is 3.06. The number of aromatic nitrogens is 2. The highest BCUT2D eigenvalue weighted by Gasteiger charge is 2.17. The molecule has 1 atom stereocenters. The summed E-state index contributed by atoms with van der Waals surface area (Å²) in [6.07, 6.45) is 6.42. The van der Waals surface area contributed by atoms with Gasteiger partial charge in [-0.15, -0.1) is 0 Å². The molecule has 128 valence electrons. The first-order valence-corrected chi connectivity index (χ1v) is 8.83. The molecule has 1 aliphatic rings. The first-order valence-electron chi connectivity index (χ1n) is 8.83. The van der Waals surface area contributed by atoms with Crippen molar-refractivity contribution in [3.63, 3.8) is 0 Å². The number of piperidine rings is 1. The first-order chi connectivity index (χ1) is 11.7. The Morgan fingerprint density at radius 1 is 1.17 bits per heavy atom. The molecule has 1 amide bonds. The maximum atomic E-state index is 12.6. The zero-order valence-corrected chi connectivity index (χ0v) is 14.5. The van der Waals surface area contributed by atoms with Gasteiger partial charge in [0.25, 0.3) is 5.91 Å². The van der Waals surface area contributed by atoms with Crippen molar-refractivity contribution in [1.82, 2.24) is 15.1 Å². The van der Waals surface area contributed by atoms with E-state index in [0.717, 1.165) is 25.2 Å². The summed E-state index contributed by atoms with van der Waals surface area (Å²) >= 11 is 0. The molecule has 5 heteroatoms. The van der Waals surface area contributed by atoms with Gasteiger partial charge in [-0.2, -0.15) is 5.10 Å². The Kier molecular flexibility index (Phi) is 5.18. The third kappa shape index (κ3) is 3.61. The maximum absolute atomic E-state index is 12.6. The van der Waals surface area contributed by atoms with Crippen molar-refractivity contribution in [2.45, 2.75) is 38.6 Å². The minimum atomic E-state index is -0.0340. The molecule has 2 heterocycles. The molecule has 2 aromatic rings. The SMILES string of the molecule is CC[C@@H](NC(=O)c1ccc(N2CCCCC2)cc1)c1ccnn1C. The predicted octanol–water partition coefficient (Wildman–Crippen LogP) is 3.29. The largest absolute Gasteiger partial charge is 0.372 e. The second kappa shape index (κ2) is 7.51. The Labute approximate surface area is 143 Å². The van der Waals surface area contributed by atoms with Crippen LogP contribution in [0.25, 0.3) is 0 Å². The monoisotopic (exact) mass is 326 g/mol. The van der Waals surface area contributed by atoms with Gasteiger partial charge in [-0.25, -0.2) is 0 Å². The lowest BCUT2D eigenvalue weighted by Crippen LogP contribution is -2.30. The first kappa shape index (κ1) is 16.6. The van der Waals surface area contributed by atoms with E-state index < -0.39 is 0 Å². The fraction of sp³-hybridized carbons (Fsp3) is 0.474. The molecule has 1 saturated heterocycles. The summed E-state index contributed by atoms with van der Waals surface area (Å²) in [6, 6.07) is 9.90. The normalized spacial score (nSPS) is 16.0. The number of carbonyl (C=O) groups excluding carboxylic acids is 1. The Hall–Kier alpha value is -2.30. The predicted molar refractivity (Wildman–Crippen MR) is 96.2 cm³/mol. The number of nitrogens with zero attached hydrogens (tertiary/aromatic N) is 3. The quantitative estimate of drug-likeness (QED) is 0.917. The third-order valence-corrected chi connectivity index (χ3v) is 4.78. The van der Waals surface area contributed by atoms with Crippen LogP contribution in [-0.4, -0.2) is 28.8 Å². The molecule has 1 aromatic carbocycles. The standard InChI is InChI=1S/C19H26N4O/c1-3-17(18-11-12-20-22(18)2)21-19(24)15-7-9-16(10-8-15)23-13-5-4-6-14-23/h7-12,17H,3-6,13-14H2,1-2H3,(H,21,24)/t17-/m1/s1. The van der Waals surface area contributed by atoms with Gasteiger partial charge < -0.3 is 10.2 Å². The molecule has 0 unspecified atom stereocenters. The highest BCUT2D eigenvalue weighted by atomic mass is 16.1. The summed E-state index contributed by atoms with van der Waals surface area (Å²) in [7, 11) is 1.90. The summed E-state index contributed by atoms with van der Waals surface area (Å²) in [5.41, 5.74) is 2.94. The molecule has 0 spiro atoms. The van der Waals surface area contributed by atoms with Gasteiger partial charge in [0.15, 0.2) is 0 Å². The van der Waals surface area contributed by atoms with E-state index in [1.165, 1.54) is 24.9 Å². The van der Waals surface area contributed by atoms with Gasteiger partial charge in [0, 0.05) is 37.6 Å². The summed E-state index contributed by atoms with van der Waals surface area (Å²) < 4.78 is 1.81. The van der Waals surface area contributed by atoms with Crippen LogP contribution in [0.4, 0.5) is 5.69 Å². The van der Waals surface area contributed by atoms with E-state index in [1.807, 2.05) is 29.9 Å². The van der Waals surface area contributed by atoms with Crippen LogP contribution in [0.2, 0.25) is 0 Å². The van der Waals surface area contributed by atoms with Crippen LogP contribution in [0.15, 0.2) is 36.5 Å². The van der Waals surface area contributed by atoms with Crippen LogP contribution in [0.1, 0.15) is 54.7 Å². The van der Waals surface area contributed by atoms with E-state index >= 15 is 0 Å². The molecule has 0 saturated carbocycles. The highest BCUT2D eigenvalue weighted by molar-refractivity contribution is 5.94. The van der Waals surface area contributed by atoms with Crippen molar-refractivity contribution in [3.05, 3.63) is 47.8 Å². The Morgan fingerprint density at radius 2 is 1.88 bits per heavy atom. The van der Waals surface area contributed by atoms with E-state index in [1.54, 1.807) is 6.20 Å². The van der Waals surface area contributed by atoms with E-state index in [4.69, 9.17) is 0 Å². The van der Waals surface area contributed by atoms with Gasteiger partial charge in [-0.3, -0.25) is 9.48 Å². The van der Waals surface area contributed by atoms with E-state index in [0.29, 0.717) is 5.56 Å². The number of anilines is 1. The zero-order valence-electron chi connectivity index (χ0n) is 14.5. The van der Waals surface area contributed by atoms with Gasteiger partial charge in [0.2, 0.25) is 0 Å². The van der Waals surface area contributed by atoms with Crippen molar-refractivity contribution < 1.29 is 4.79 Å². The second-order valence-corrected chi connectivity index (χ2v) is 6.41. The highest BCUT2D eigenvalue weighted by Crippen LogP contribution is 2.21. The average molecular weight is 326 g/mol. The minimum Gasteiger partial charge on any atom is -0.372 e. The van der Waals surface area contributed by atoms with Crippen LogP contribution in [0.5, 0.6) is 0 Å². The number of nitrogens with one attached hydrogen (secondary N) is 1. The fourth-order valence-corrected chi connectivity index (χ4v) is 3.33. The number of hydrogen-bond donors (Lipinski definition) is 1. The summed E-state index contributed by atoms with van der Waals surface area (Å²) in [4.78, 5) is 15.0. The Balaban J connectivity index is 1.67. The van der Waals surface area contributed by atoms with Gasteiger partial charge in [-0.05, 0) is 56.0 Å². The van der Waals surface area contributed by atoms with Crippen molar-refractivity contribution in [3.8, 4) is 0 Å². The molecule has 0 bridgehead atoms. The number of hydrogen-bond acceptors (Lipinski definition) is 3. The lowest BCUT2D eigenvalue weighted by molar-refractivity contribution is 0.0934. The van der Waals surface area contributed by atoms with Gasteiger partial charge >= 0.3 is 0 Å². The number of rotatable bonds is 5. The van der Waals surface area contributed by atoms with E-state index in [-0.39, 0.29) is 11.9 Å². The summed E-state index contributed by atoms with van der Waals surface area (Å²) in [5, 5.41) is 7.30. The zero-order chi connectivity index (χ0) is 16.9. The molecule has 1 aliphatic heterocycles. The van der Waals surface area contributed by atoms with Crippen LogP contribution in [0.3, 0.4) is 0 Å². The number of carbonyl (C=O) groups is 1. The van der Waals surface area contributed by atoms with E-state index in [9.17, 15) is 4.79 Å². The lowest BCUT2D eigenvalue weighted by Gasteiger charge is -2.28. The lowest BCUT2D eigenvalue weighted by atomic mass is 10.1. The second-order valence-electron chi connectivity index (χ2n) is 6.41. The molecule has 1 N–H and O–H groups in total. The van der Waals surface area contributed by atoms with E-state index in [2.05, 4.69) is 34.4 Å². The van der Waals surface area contributed by atoms with Crippen LogP contribution >= 0.6 is 0 Å². The minimum absolute atomic E-state index is 0.0215. The van der Waals surface area contributed by atoms with Gasteiger partial charge in [0.1, 0.15) is 0 Å². The Morgan fingerprint density at radius 3 is 2.46 bits per heavy atom. The van der Waals surface area contributed by atoms with Crippen molar-refractivity contribution in [2.75, 3.05) is 18.0 Å². The number of amides is 1. The fourth-order valence-electron chi connectivity index (χ4n) is 3.33. The summed E-state index contributed by atoms with van der Waals surface area (Å²) in [5.74, 6) is -0.0340. The number of benzene rings is 1. The smallest absolute Gasteiger partial charge is 0.251 e. The molecular formula is C19H26N4O. The van der Waals surface area contributed by atoms with Crippen molar-refractivity contribution >= 4 is 11.6 Å². The van der Waals surface area contributed by atoms with Crippen LogP contribution < -0.4 is 10.2 Å². The molecule has 1 fully saturated rings. The molecule has 3 rings (SSSR count). The molecule has 0 aliphatic carbocycles. The van der Waals surface area contributed by atoms with Gasteiger partial charge in [0.05, 0.1) is 11.7 Å². The molecule has 1 aromatic heterocycles. The molecule has 0 radical (unpaired) electrons. The third-order valence-electron chi connectivity index (χ3n) is 4.78. The Bertz CT molecular complexity index is 671. The summed E-state index contributed by atoms with van der Waals surface area (Å²) in [6.45, 7) is 4.30. The number of aryl methyl sites for hydroxylation is 1. The van der Waals surface area contributed by atoms with Gasteiger partial charge in [-0.1, -0.05) is 6.92 Å². The maximum Gasteiger partial charge on any atom is 0.251 e. The molecule has 5 nitrogen and oxygen atoms in total. The van der Waals surface area contributed by atoms with Crippen LogP contribution in [0, 0.1) is 0 Å². The van der Waals surface area contributed by atoms with Crippen molar-refractivity contribution in [1.29, 1.82) is 0 Å². The molecular weight excluding hydrogens is 300 g/mol. The molecule has 24 heavy (non-hydrogen) atoms. The van der Waals surface area contributed by atoms with Crippen molar-refractivity contribution in [2.24, 2.45) is 7.05 Å². The topological polar surface area (TPSA) is 50.2 Å². The van der Waals surface area contributed by atoms with Crippen LogP contribution in [-0.2, 0) is 7.05 Å².